The number of hydrogen-bond acceptors (Lipinski definition) is 4. The molecule has 0 bridgehead atoms. The van der Waals surface area contributed by atoms with E-state index < -0.39 is 0 Å². The molecule has 2 N–H and O–H groups in total. The van der Waals surface area contributed by atoms with Crippen molar-refractivity contribution < 1.29 is 0 Å². The van der Waals surface area contributed by atoms with Crippen molar-refractivity contribution in [3.63, 3.8) is 0 Å². The van der Waals surface area contributed by atoms with Gasteiger partial charge in [0.25, 0.3) is 0 Å². The van der Waals surface area contributed by atoms with E-state index in [-0.39, 0.29) is 0 Å². The summed E-state index contributed by atoms with van der Waals surface area (Å²) in [5, 5.41) is 1.07. The highest BCUT2D eigenvalue weighted by atomic mass is 15.3. The van der Waals surface area contributed by atoms with Gasteiger partial charge in [-0.2, -0.15) is 0 Å². The van der Waals surface area contributed by atoms with Crippen molar-refractivity contribution in [2.45, 2.75) is 19.9 Å². The minimum atomic E-state index is 0.814. The molecule has 4 heteroatoms. The van der Waals surface area contributed by atoms with Gasteiger partial charge in [-0.05, 0) is 36.7 Å². The van der Waals surface area contributed by atoms with Gasteiger partial charge in [0.1, 0.15) is 0 Å². The normalized spacial score (nSPS) is 17.4. The van der Waals surface area contributed by atoms with E-state index in [1.807, 2.05) is 18.3 Å². The molecule has 0 atom stereocenters. The van der Waals surface area contributed by atoms with Gasteiger partial charge in [0, 0.05) is 50.0 Å². The van der Waals surface area contributed by atoms with Crippen molar-refractivity contribution in [3.05, 3.63) is 36.0 Å². The highest BCUT2D eigenvalue weighted by molar-refractivity contribution is 5.92. The molecule has 0 radical (unpaired) electrons. The summed E-state index contributed by atoms with van der Waals surface area (Å²) in [5.41, 5.74) is 9.19. The highest BCUT2D eigenvalue weighted by Crippen LogP contribution is 2.23. The van der Waals surface area contributed by atoms with E-state index in [4.69, 9.17) is 5.73 Å². The monoisotopic (exact) mass is 284 g/mol. The summed E-state index contributed by atoms with van der Waals surface area (Å²) in [7, 11) is 0. The molecule has 1 aromatic carbocycles. The molecule has 1 aliphatic rings. The number of rotatable bonds is 4. The Morgan fingerprint density at radius 2 is 1.86 bits per heavy atom. The maximum Gasteiger partial charge on any atom is 0.0767 e. The molecular weight excluding hydrogens is 260 g/mol. The Bertz CT molecular complexity index is 603. The molecule has 1 fully saturated rings. The Morgan fingerprint density at radius 3 is 2.62 bits per heavy atom. The van der Waals surface area contributed by atoms with Gasteiger partial charge in [-0.15, -0.1) is 0 Å². The number of anilines is 1. The maximum absolute atomic E-state index is 6.05. The van der Waals surface area contributed by atoms with E-state index in [1.165, 1.54) is 31.6 Å². The summed E-state index contributed by atoms with van der Waals surface area (Å²) in [5.74, 6) is 0. The number of nitrogen functional groups attached to an aromatic ring is 1. The second kappa shape index (κ2) is 6.41. The van der Waals surface area contributed by atoms with E-state index in [9.17, 15) is 0 Å². The predicted molar refractivity (Wildman–Crippen MR) is 88.2 cm³/mol. The summed E-state index contributed by atoms with van der Waals surface area (Å²) in [6.45, 7) is 9.06. The maximum atomic E-state index is 6.05. The molecule has 3 rings (SSSR count). The van der Waals surface area contributed by atoms with Gasteiger partial charge in [0.15, 0.2) is 0 Å². The largest absolute Gasteiger partial charge is 0.398 e. The number of nitrogens with zero attached hydrogens (tertiary/aromatic N) is 3. The average Bonchev–Trinajstić information content (AvgIpc) is 2.52. The van der Waals surface area contributed by atoms with E-state index in [0.29, 0.717) is 0 Å². The number of pyridine rings is 1. The third-order valence-corrected chi connectivity index (χ3v) is 4.29. The van der Waals surface area contributed by atoms with Crippen molar-refractivity contribution in [2.75, 3.05) is 38.5 Å². The smallest absolute Gasteiger partial charge is 0.0767 e. The van der Waals surface area contributed by atoms with Crippen LogP contribution in [-0.2, 0) is 6.54 Å². The fraction of sp³-hybridized carbons (Fsp3) is 0.471. The third-order valence-electron chi connectivity index (χ3n) is 4.29. The first-order valence-corrected chi connectivity index (χ1v) is 7.84. The van der Waals surface area contributed by atoms with Crippen LogP contribution in [0.25, 0.3) is 10.9 Å². The van der Waals surface area contributed by atoms with Gasteiger partial charge in [-0.1, -0.05) is 13.0 Å². The molecule has 2 heterocycles. The third kappa shape index (κ3) is 3.17. The first-order valence-electron chi connectivity index (χ1n) is 7.84. The van der Waals surface area contributed by atoms with Gasteiger partial charge >= 0.3 is 0 Å². The number of fused-ring (bicyclic) bond motifs is 1. The minimum absolute atomic E-state index is 0.814. The average molecular weight is 284 g/mol. The lowest BCUT2D eigenvalue weighted by Crippen LogP contribution is -2.46. The standard InChI is InChI=1S/C17H24N4/c1-2-8-20-9-11-21(12-10-20)13-14-5-6-16(18)15-4-3-7-19-17(14)15/h3-7H,2,8-13,18H2,1H3. The van der Waals surface area contributed by atoms with Crippen LogP contribution in [0, 0.1) is 0 Å². The van der Waals surface area contributed by atoms with E-state index in [2.05, 4.69) is 33.8 Å². The molecule has 1 aliphatic heterocycles. The topological polar surface area (TPSA) is 45.4 Å². The van der Waals surface area contributed by atoms with Crippen LogP contribution in [0.1, 0.15) is 18.9 Å². The Morgan fingerprint density at radius 1 is 1.10 bits per heavy atom. The molecule has 0 aliphatic carbocycles. The molecule has 1 aromatic heterocycles. The molecular formula is C17H24N4. The van der Waals surface area contributed by atoms with Crippen molar-refractivity contribution in [3.8, 4) is 0 Å². The minimum Gasteiger partial charge on any atom is -0.398 e. The molecule has 0 saturated carbocycles. The summed E-state index contributed by atoms with van der Waals surface area (Å²) < 4.78 is 0. The lowest BCUT2D eigenvalue weighted by molar-refractivity contribution is 0.127. The summed E-state index contributed by atoms with van der Waals surface area (Å²) in [6.07, 6.45) is 3.09. The van der Waals surface area contributed by atoms with Gasteiger partial charge < -0.3 is 10.6 Å². The summed E-state index contributed by atoms with van der Waals surface area (Å²) in [4.78, 5) is 9.61. The second-order valence-electron chi connectivity index (χ2n) is 5.83. The molecule has 0 amide bonds. The van der Waals surface area contributed by atoms with Crippen molar-refractivity contribution in [2.24, 2.45) is 0 Å². The van der Waals surface area contributed by atoms with Crippen LogP contribution >= 0.6 is 0 Å². The predicted octanol–water partition coefficient (Wildman–Crippen LogP) is 2.34. The zero-order chi connectivity index (χ0) is 14.7. The molecule has 2 aromatic rings. The Hall–Kier alpha value is -1.65. The van der Waals surface area contributed by atoms with Crippen LogP contribution in [-0.4, -0.2) is 47.5 Å². The van der Waals surface area contributed by atoms with Crippen LogP contribution < -0.4 is 5.73 Å². The number of hydrogen-bond donors (Lipinski definition) is 1. The fourth-order valence-corrected chi connectivity index (χ4v) is 3.11. The van der Waals surface area contributed by atoms with Crippen LogP contribution in [0.5, 0.6) is 0 Å². The zero-order valence-electron chi connectivity index (χ0n) is 12.8. The molecule has 1 saturated heterocycles. The van der Waals surface area contributed by atoms with Gasteiger partial charge in [0.05, 0.1) is 5.52 Å². The number of piperazine rings is 1. The Balaban J connectivity index is 1.73. The summed E-state index contributed by atoms with van der Waals surface area (Å²) in [6, 6.07) is 8.14. The number of aromatic nitrogens is 1. The molecule has 112 valence electrons. The quantitative estimate of drug-likeness (QED) is 0.875. The molecule has 21 heavy (non-hydrogen) atoms. The van der Waals surface area contributed by atoms with Crippen LogP contribution in [0.4, 0.5) is 5.69 Å². The Kier molecular flexibility index (Phi) is 4.36. The lowest BCUT2D eigenvalue weighted by Gasteiger charge is -2.34. The van der Waals surface area contributed by atoms with Crippen molar-refractivity contribution >= 4 is 16.6 Å². The van der Waals surface area contributed by atoms with Gasteiger partial charge in [0.2, 0.25) is 0 Å². The van der Waals surface area contributed by atoms with Crippen LogP contribution in [0.3, 0.4) is 0 Å². The molecule has 0 spiro atoms. The van der Waals surface area contributed by atoms with Crippen molar-refractivity contribution in [1.29, 1.82) is 0 Å². The molecule has 4 nitrogen and oxygen atoms in total. The number of benzene rings is 1. The zero-order valence-corrected chi connectivity index (χ0v) is 12.8. The van der Waals surface area contributed by atoms with Gasteiger partial charge in [-0.3, -0.25) is 9.88 Å². The van der Waals surface area contributed by atoms with Crippen LogP contribution in [0.2, 0.25) is 0 Å². The van der Waals surface area contributed by atoms with E-state index in [1.54, 1.807) is 0 Å². The number of nitrogens with two attached hydrogens (primary N) is 1. The second-order valence-corrected chi connectivity index (χ2v) is 5.83. The first kappa shape index (κ1) is 14.3. The Labute approximate surface area is 126 Å². The van der Waals surface area contributed by atoms with E-state index in [0.717, 1.165) is 36.2 Å². The SMILES string of the molecule is CCCN1CCN(Cc2ccc(N)c3cccnc23)CC1. The highest BCUT2D eigenvalue weighted by Gasteiger charge is 2.17. The fourth-order valence-electron chi connectivity index (χ4n) is 3.11. The van der Waals surface area contributed by atoms with Gasteiger partial charge in [-0.25, -0.2) is 0 Å². The summed E-state index contributed by atoms with van der Waals surface area (Å²) >= 11 is 0. The van der Waals surface area contributed by atoms with Crippen molar-refractivity contribution in [1.82, 2.24) is 14.8 Å². The lowest BCUT2D eigenvalue weighted by atomic mass is 10.1. The molecule has 0 unspecified atom stereocenters. The van der Waals surface area contributed by atoms with E-state index >= 15 is 0 Å². The first-order chi connectivity index (χ1) is 10.3. The van der Waals surface area contributed by atoms with Crippen LogP contribution in [0.15, 0.2) is 30.5 Å².